The minimum atomic E-state index is -0.553. The van der Waals surface area contributed by atoms with E-state index in [0.717, 1.165) is 17.4 Å². The molecular weight excluding hydrogens is 270 g/mol. The van der Waals surface area contributed by atoms with Gasteiger partial charge >= 0.3 is 0 Å². The molecule has 1 saturated heterocycles. The Labute approximate surface area is 124 Å². The number of amides is 1. The zero-order valence-electron chi connectivity index (χ0n) is 12.7. The number of aryl methyl sites for hydroxylation is 2. The van der Waals surface area contributed by atoms with Crippen LogP contribution in [0.1, 0.15) is 28.4 Å². The molecule has 0 N–H and O–H groups in total. The number of aldehydes is 1. The van der Waals surface area contributed by atoms with E-state index in [4.69, 9.17) is 9.47 Å². The highest BCUT2D eigenvalue weighted by molar-refractivity contribution is 5.81. The number of hydrogen-bond donors (Lipinski definition) is 0. The highest BCUT2D eigenvalue weighted by atomic mass is 16.5. The van der Waals surface area contributed by atoms with Gasteiger partial charge in [-0.05, 0) is 44.0 Å². The van der Waals surface area contributed by atoms with Gasteiger partial charge in [0, 0.05) is 18.7 Å². The molecule has 5 heteroatoms. The second-order valence-electron chi connectivity index (χ2n) is 5.30. The van der Waals surface area contributed by atoms with Crippen LogP contribution < -0.4 is 4.74 Å². The number of rotatable bonds is 4. The number of nitrogens with zero attached hydrogens (tertiary/aromatic N) is 1. The Morgan fingerprint density at radius 1 is 1.29 bits per heavy atom. The highest BCUT2D eigenvalue weighted by Crippen LogP contribution is 2.25. The average molecular weight is 291 g/mol. The fraction of sp³-hybridized carbons (Fsp3) is 0.500. The Balaban J connectivity index is 2.10. The van der Waals surface area contributed by atoms with Crippen molar-refractivity contribution in [2.75, 3.05) is 26.3 Å². The van der Waals surface area contributed by atoms with Crippen molar-refractivity contribution in [2.45, 2.75) is 26.9 Å². The molecule has 1 aliphatic heterocycles. The first kappa shape index (κ1) is 15.5. The number of benzene rings is 1. The Kier molecular flexibility index (Phi) is 4.96. The van der Waals surface area contributed by atoms with Crippen molar-refractivity contribution in [3.05, 3.63) is 28.8 Å². The maximum absolute atomic E-state index is 12.3. The fourth-order valence-electron chi connectivity index (χ4n) is 2.51. The topological polar surface area (TPSA) is 55.8 Å². The van der Waals surface area contributed by atoms with E-state index in [0.29, 0.717) is 37.6 Å². The standard InChI is InChI=1S/C16H21NO4/c1-11-8-14(10-18)9-12(2)15(11)21-13(3)16(19)17-4-6-20-7-5-17/h8-10,13H,4-7H2,1-3H3. The molecule has 0 spiro atoms. The van der Waals surface area contributed by atoms with E-state index in [1.807, 2.05) is 13.8 Å². The lowest BCUT2D eigenvalue weighted by Crippen LogP contribution is -2.46. The number of hydrogen-bond acceptors (Lipinski definition) is 4. The van der Waals surface area contributed by atoms with E-state index in [2.05, 4.69) is 0 Å². The fourth-order valence-corrected chi connectivity index (χ4v) is 2.51. The minimum Gasteiger partial charge on any atom is -0.480 e. The summed E-state index contributed by atoms with van der Waals surface area (Å²) >= 11 is 0. The predicted octanol–water partition coefficient (Wildman–Crippen LogP) is 1.74. The van der Waals surface area contributed by atoms with E-state index in [1.54, 1.807) is 24.0 Å². The van der Waals surface area contributed by atoms with Crippen molar-refractivity contribution in [3.63, 3.8) is 0 Å². The zero-order valence-corrected chi connectivity index (χ0v) is 12.7. The molecule has 0 saturated carbocycles. The van der Waals surface area contributed by atoms with E-state index >= 15 is 0 Å². The summed E-state index contributed by atoms with van der Waals surface area (Å²) in [6.45, 7) is 7.87. The van der Waals surface area contributed by atoms with Crippen molar-refractivity contribution in [1.82, 2.24) is 4.90 Å². The maximum atomic E-state index is 12.3. The summed E-state index contributed by atoms with van der Waals surface area (Å²) in [4.78, 5) is 24.9. The molecule has 1 aromatic carbocycles. The Hall–Kier alpha value is -1.88. The Bertz CT molecular complexity index is 512. The van der Waals surface area contributed by atoms with Crippen molar-refractivity contribution < 1.29 is 19.1 Å². The molecule has 1 atom stereocenters. The highest BCUT2D eigenvalue weighted by Gasteiger charge is 2.24. The van der Waals surface area contributed by atoms with E-state index in [1.165, 1.54) is 0 Å². The summed E-state index contributed by atoms with van der Waals surface area (Å²) in [7, 11) is 0. The second-order valence-corrected chi connectivity index (χ2v) is 5.30. The maximum Gasteiger partial charge on any atom is 0.263 e. The zero-order chi connectivity index (χ0) is 15.4. The molecule has 0 bridgehead atoms. The van der Waals surface area contributed by atoms with Crippen LogP contribution in [0.2, 0.25) is 0 Å². The molecule has 1 heterocycles. The molecule has 114 valence electrons. The van der Waals surface area contributed by atoms with Crippen molar-refractivity contribution in [3.8, 4) is 5.75 Å². The van der Waals surface area contributed by atoms with Gasteiger partial charge in [-0.3, -0.25) is 9.59 Å². The van der Waals surface area contributed by atoms with Crippen LogP contribution >= 0.6 is 0 Å². The number of ether oxygens (including phenoxy) is 2. The molecule has 1 aliphatic rings. The summed E-state index contributed by atoms with van der Waals surface area (Å²) < 4.78 is 11.1. The molecule has 0 radical (unpaired) electrons. The van der Waals surface area contributed by atoms with Crippen LogP contribution in [0.25, 0.3) is 0 Å². The van der Waals surface area contributed by atoms with Crippen molar-refractivity contribution in [2.24, 2.45) is 0 Å². The molecule has 2 rings (SSSR count). The molecule has 1 aromatic rings. The first-order chi connectivity index (χ1) is 10.0. The van der Waals surface area contributed by atoms with Crippen LogP contribution in [0.4, 0.5) is 0 Å². The van der Waals surface area contributed by atoms with Gasteiger partial charge in [0.15, 0.2) is 6.10 Å². The molecule has 5 nitrogen and oxygen atoms in total. The van der Waals surface area contributed by atoms with Crippen LogP contribution in [-0.4, -0.2) is 49.5 Å². The number of carbonyl (C=O) groups excluding carboxylic acids is 2. The Morgan fingerprint density at radius 3 is 2.38 bits per heavy atom. The first-order valence-electron chi connectivity index (χ1n) is 7.12. The van der Waals surface area contributed by atoms with Crippen molar-refractivity contribution in [1.29, 1.82) is 0 Å². The quantitative estimate of drug-likeness (QED) is 0.793. The van der Waals surface area contributed by atoms with Gasteiger partial charge in [-0.1, -0.05) is 0 Å². The van der Waals surface area contributed by atoms with Gasteiger partial charge in [0.2, 0.25) is 0 Å². The van der Waals surface area contributed by atoms with Crippen LogP contribution in [0.15, 0.2) is 12.1 Å². The largest absolute Gasteiger partial charge is 0.480 e. The Morgan fingerprint density at radius 2 is 1.86 bits per heavy atom. The van der Waals surface area contributed by atoms with Crippen LogP contribution in [-0.2, 0) is 9.53 Å². The predicted molar refractivity (Wildman–Crippen MR) is 78.8 cm³/mol. The van der Waals surface area contributed by atoms with Crippen LogP contribution in [0.5, 0.6) is 5.75 Å². The molecule has 21 heavy (non-hydrogen) atoms. The molecule has 0 aliphatic carbocycles. The normalized spacial score (nSPS) is 16.4. The SMILES string of the molecule is Cc1cc(C=O)cc(C)c1OC(C)C(=O)N1CCOCC1. The van der Waals surface area contributed by atoms with E-state index < -0.39 is 6.10 Å². The second kappa shape index (κ2) is 6.72. The molecular formula is C16H21NO4. The van der Waals surface area contributed by atoms with Gasteiger partial charge in [-0.2, -0.15) is 0 Å². The van der Waals surface area contributed by atoms with Gasteiger partial charge in [-0.15, -0.1) is 0 Å². The third-order valence-corrected chi connectivity index (χ3v) is 3.58. The van der Waals surface area contributed by atoms with Crippen LogP contribution in [0, 0.1) is 13.8 Å². The van der Waals surface area contributed by atoms with E-state index in [9.17, 15) is 9.59 Å². The minimum absolute atomic E-state index is 0.0310. The summed E-state index contributed by atoms with van der Waals surface area (Å²) in [6.07, 6.45) is 0.258. The van der Waals surface area contributed by atoms with Gasteiger partial charge in [0.25, 0.3) is 5.91 Å². The summed E-state index contributed by atoms with van der Waals surface area (Å²) in [5.41, 5.74) is 2.34. The lowest BCUT2D eigenvalue weighted by Gasteiger charge is -2.29. The average Bonchev–Trinajstić information content (AvgIpc) is 2.50. The molecule has 1 fully saturated rings. The van der Waals surface area contributed by atoms with Gasteiger partial charge < -0.3 is 14.4 Å². The summed E-state index contributed by atoms with van der Waals surface area (Å²) in [6, 6.07) is 3.53. The lowest BCUT2D eigenvalue weighted by atomic mass is 10.1. The number of carbonyl (C=O) groups is 2. The lowest BCUT2D eigenvalue weighted by molar-refractivity contribution is -0.142. The molecule has 1 amide bonds. The first-order valence-corrected chi connectivity index (χ1v) is 7.12. The van der Waals surface area contributed by atoms with Crippen LogP contribution in [0.3, 0.4) is 0 Å². The summed E-state index contributed by atoms with van der Waals surface area (Å²) in [5.74, 6) is 0.645. The van der Waals surface area contributed by atoms with Crippen molar-refractivity contribution >= 4 is 12.2 Å². The third-order valence-electron chi connectivity index (χ3n) is 3.58. The third kappa shape index (κ3) is 3.61. The molecule has 1 unspecified atom stereocenters. The van der Waals surface area contributed by atoms with E-state index in [-0.39, 0.29) is 5.91 Å². The molecule has 0 aromatic heterocycles. The van der Waals surface area contributed by atoms with Gasteiger partial charge in [0.1, 0.15) is 12.0 Å². The number of morpholine rings is 1. The monoisotopic (exact) mass is 291 g/mol. The summed E-state index contributed by atoms with van der Waals surface area (Å²) in [5, 5.41) is 0. The smallest absolute Gasteiger partial charge is 0.263 e. The van der Waals surface area contributed by atoms with Gasteiger partial charge in [-0.25, -0.2) is 0 Å². The van der Waals surface area contributed by atoms with Gasteiger partial charge in [0.05, 0.1) is 13.2 Å².